The maximum absolute atomic E-state index is 11.9. The lowest BCUT2D eigenvalue weighted by molar-refractivity contribution is 0.0956. The first-order chi connectivity index (χ1) is 9.47. The van der Waals surface area contributed by atoms with Gasteiger partial charge in [0.15, 0.2) is 0 Å². The maximum atomic E-state index is 11.9. The summed E-state index contributed by atoms with van der Waals surface area (Å²) >= 11 is 14.1. The SMILES string of the molecule is Cc1nn(CCCNC(=O)c2cc(Br)c(Br)s2)cc1Cl. The predicted molar refractivity (Wildman–Crippen MR) is 88.6 cm³/mol. The summed E-state index contributed by atoms with van der Waals surface area (Å²) in [6, 6.07) is 1.81. The minimum absolute atomic E-state index is 0.0592. The molecule has 2 rings (SSSR count). The fraction of sp³-hybridized carbons (Fsp3) is 0.333. The topological polar surface area (TPSA) is 46.9 Å². The summed E-state index contributed by atoms with van der Waals surface area (Å²) in [5.41, 5.74) is 0.823. The van der Waals surface area contributed by atoms with Crippen LogP contribution in [-0.4, -0.2) is 22.2 Å². The number of carbonyl (C=O) groups excluding carboxylic acids is 1. The molecule has 4 nitrogen and oxygen atoms in total. The normalized spacial score (nSPS) is 10.8. The van der Waals surface area contributed by atoms with Crippen molar-refractivity contribution < 1.29 is 4.79 Å². The summed E-state index contributed by atoms with van der Waals surface area (Å²) in [5, 5.41) is 7.82. The fourth-order valence-electron chi connectivity index (χ4n) is 1.60. The van der Waals surface area contributed by atoms with E-state index >= 15 is 0 Å². The van der Waals surface area contributed by atoms with E-state index in [9.17, 15) is 4.79 Å². The van der Waals surface area contributed by atoms with Crippen LogP contribution in [0.25, 0.3) is 0 Å². The molecule has 1 amide bonds. The van der Waals surface area contributed by atoms with Crippen LogP contribution in [0.1, 0.15) is 21.8 Å². The molecule has 0 bridgehead atoms. The van der Waals surface area contributed by atoms with Gasteiger partial charge in [-0.15, -0.1) is 11.3 Å². The highest BCUT2D eigenvalue weighted by molar-refractivity contribution is 9.13. The summed E-state index contributed by atoms with van der Waals surface area (Å²) in [6.07, 6.45) is 2.60. The molecule has 8 heteroatoms. The van der Waals surface area contributed by atoms with Crippen LogP contribution in [0.4, 0.5) is 0 Å². The average molecular weight is 442 g/mol. The number of nitrogens with zero attached hydrogens (tertiary/aromatic N) is 2. The molecule has 0 saturated carbocycles. The number of nitrogens with one attached hydrogen (secondary N) is 1. The Morgan fingerprint density at radius 3 is 2.85 bits per heavy atom. The van der Waals surface area contributed by atoms with Gasteiger partial charge in [-0.1, -0.05) is 11.6 Å². The van der Waals surface area contributed by atoms with Gasteiger partial charge in [0.2, 0.25) is 0 Å². The molecule has 20 heavy (non-hydrogen) atoms. The van der Waals surface area contributed by atoms with E-state index in [4.69, 9.17) is 11.6 Å². The molecular formula is C12H12Br2ClN3OS. The zero-order valence-corrected chi connectivity index (χ0v) is 15.4. The monoisotopic (exact) mass is 439 g/mol. The minimum Gasteiger partial charge on any atom is -0.351 e. The number of thiophene rings is 1. The second kappa shape index (κ2) is 7.06. The van der Waals surface area contributed by atoms with Gasteiger partial charge in [0, 0.05) is 23.8 Å². The molecule has 0 spiro atoms. The van der Waals surface area contributed by atoms with E-state index in [0.717, 1.165) is 26.9 Å². The quantitative estimate of drug-likeness (QED) is 0.705. The van der Waals surface area contributed by atoms with E-state index in [1.54, 1.807) is 16.9 Å². The molecular weight excluding hydrogens is 429 g/mol. The Labute approximate surface area is 142 Å². The Morgan fingerprint density at radius 2 is 2.30 bits per heavy atom. The van der Waals surface area contributed by atoms with Crippen molar-refractivity contribution in [3.05, 3.63) is 36.1 Å². The summed E-state index contributed by atoms with van der Waals surface area (Å²) < 4.78 is 3.61. The number of amides is 1. The van der Waals surface area contributed by atoms with E-state index in [-0.39, 0.29) is 5.91 Å². The van der Waals surface area contributed by atoms with Crippen molar-refractivity contribution in [1.29, 1.82) is 0 Å². The van der Waals surface area contributed by atoms with Gasteiger partial charge in [0.05, 0.1) is 19.4 Å². The van der Waals surface area contributed by atoms with Crippen molar-refractivity contribution >= 4 is 60.7 Å². The smallest absolute Gasteiger partial charge is 0.261 e. The maximum Gasteiger partial charge on any atom is 0.261 e. The summed E-state index contributed by atoms with van der Waals surface area (Å²) in [4.78, 5) is 12.6. The molecule has 0 aliphatic carbocycles. The third-order valence-electron chi connectivity index (χ3n) is 2.60. The molecule has 108 valence electrons. The van der Waals surface area contributed by atoms with E-state index in [1.807, 2.05) is 6.92 Å². The van der Waals surface area contributed by atoms with Gasteiger partial charge in [0.25, 0.3) is 5.91 Å². The number of aryl methyl sites for hydroxylation is 2. The van der Waals surface area contributed by atoms with Crippen LogP contribution in [0.5, 0.6) is 0 Å². The van der Waals surface area contributed by atoms with Crippen molar-refractivity contribution in [2.45, 2.75) is 19.9 Å². The second-order valence-electron chi connectivity index (χ2n) is 4.17. The molecule has 2 aromatic rings. The lowest BCUT2D eigenvalue weighted by Gasteiger charge is -2.03. The molecule has 0 atom stereocenters. The zero-order valence-electron chi connectivity index (χ0n) is 10.6. The van der Waals surface area contributed by atoms with Gasteiger partial charge in [-0.3, -0.25) is 9.48 Å². The lowest BCUT2D eigenvalue weighted by atomic mass is 10.4. The number of halogens is 3. The van der Waals surface area contributed by atoms with Crippen LogP contribution in [0.2, 0.25) is 5.02 Å². The van der Waals surface area contributed by atoms with E-state index in [2.05, 4.69) is 42.3 Å². The van der Waals surface area contributed by atoms with E-state index < -0.39 is 0 Å². The number of aromatic nitrogens is 2. The zero-order chi connectivity index (χ0) is 14.7. The molecule has 1 N–H and O–H groups in total. The Bertz CT molecular complexity index is 587. The first-order valence-electron chi connectivity index (χ1n) is 5.90. The van der Waals surface area contributed by atoms with Gasteiger partial charge in [-0.25, -0.2) is 0 Å². The molecule has 0 aromatic carbocycles. The highest BCUT2D eigenvalue weighted by Gasteiger charge is 2.11. The second-order valence-corrected chi connectivity index (χ2v) is 7.80. The molecule has 2 aromatic heterocycles. The van der Waals surface area contributed by atoms with Crippen LogP contribution < -0.4 is 5.32 Å². The molecule has 2 heterocycles. The minimum atomic E-state index is -0.0592. The Kier molecular flexibility index (Phi) is 5.65. The van der Waals surface area contributed by atoms with Crippen molar-refractivity contribution in [2.75, 3.05) is 6.54 Å². The summed E-state index contributed by atoms with van der Waals surface area (Å²) in [7, 11) is 0. The summed E-state index contributed by atoms with van der Waals surface area (Å²) in [5.74, 6) is -0.0592. The number of hydrogen-bond donors (Lipinski definition) is 1. The van der Waals surface area contributed by atoms with Gasteiger partial charge in [-0.05, 0) is 51.3 Å². The third kappa shape index (κ3) is 4.07. The van der Waals surface area contributed by atoms with Gasteiger partial charge < -0.3 is 5.32 Å². The summed E-state index contributed by atoms with van der Waals surface area (Å²) in [6.45, 7) is 3.20. The number of rotatable bonds is 5. The van der Waals surface area contributed by atoms with Gasteiger partial charge in [-0.2, -0.15) is 5.10 Å². The van der Waals surface area contributed by atoms with Crippen LogP contribution in [0.3, 0.4) is 0 Å². The van der Waals surface area contributed by atoms with Crippen molar-refractivity contribution in [2.24, 2.45) is 0 Å². The lowest BCUT2D eigenvalue weighted by Crippen LogP contribution is -2.24. The number of hydrogen-bond acceptors (Lipinski definition) is 3. The standard InChI is InChI=1S/C12H12Br2ClN3OS/c1-7-9(15)6-18(17-7)4-2-3-16-12(19)10-5-8(13)11(14)20-10/h5-6H,2-4H2,1H3,(H,16,19). The van der Waals surface area contributed by atoms with Crippen LogP contribution in [0.15, 0.2) is 20.5 Å². The molecule has 0 fully saturated rings. The average Bonchev–Trinajstić information content (AvgIpc) is 2.89. The molecule has 0 radical (unpaired) electrons. The molecule has 0 saturated heterocycles. The third-order valence-corrected chi connectivity index (χ3v) is 6.23. The van der Waals surface area contributed by atoms with E-state index in [0.29, 0.717) is 16.4 Å². The van der Waals surface area contributed by atoms with Crippen molar-refractivity contribution in [1.82, 2.24) is 15.1 Å². The highest BCUT2D eigenvalue weighted by atomic mass is 79.9. The highest BCUT2D eigenvalue weighted by Crippen LogP contribution is 2.32. The first-order valence-corrected chi connectivity index (χ1v) is 8.68. The predicted octanol–water partition coefficient (Wildman–Crippen LogP) is 4.25. The first kappa shape index (κ1) is 16.0. The van der Waals surface area contributed by atoms with Crippen LogP contribution in [0, 0.1) is 6.92 Å². The van der Waals surface area contributed by atoms with Gasteiger partial charge in [0.1, 0.15) is 0 Å². The largest absolute Gasteiger partial charge is 0.351 e. The van der Waals surface area contributed by atoms with Gasteiger partial charge >= 0.3 is 0 Å². The molecule has 0 aliphatic heterocycles. The Hall–Kier alpha value is -0.370. The Morgan fingerprint density at radius 1 is 1.55 bits per heavy atom. The van der Waals surface area contributed by atoms with Crippen LogP contribution >= 0.6 is 54.8 Å². The Balaban J connectivity index is 1.77. The fourth-order valence-corrected chi connectivity index (χ4v) is 3.70. The molecule has 0 unspecified atom stereocenters. The molecule has 0 aliphatic rings. The van der Waals surface area contributed by atoms with E-state index in [1.165, 1.54) is 11.3 Å². The van der Waals surface area contributed by atoms with Crippen LogP contribution in [-0.2, 0) is 6.54 Å². The van der Waals surface area contributed by atoms with Crippen molar-refractivity contribution in [3.8, 4) is 0 Å². The van der Waals surface area contributed by atoms with Crippen molar-refractivity contribution in [3.63, 3.8) is 0 Å². The number of carbonyl (C=O) groups is 1.